The molecule has 0 aromatic rings. The van der Waals surface area contributed by atoms with E-state index in [2.05, 4.69) is 5.32 Å². The monoisotopic (exact) mass is 598 g/mol. The van der Waals surface area contributed by atoms with Gasteiger partial charge in [-0.1, -0.05) is 27.7 Å². The molecule has 1 amide bonds. The Hall–Kier alpha value is -2.12. The predicted octanol–water partition coefficient (Wildman–Crippen LogP) is 2.09. The number of amides is 1. The van der Waals surface area contributed by atoms with Crippen molar-refractivity contribution in [3.8, 4) is 0 Å². The van der Waals surface area contributed by atoms with Crippen LogP contribution in [0.4, 0.5) is 4.79 Å². The molecule has 3 aliphatic rings. The maximum atomic E-state index is 13.9. The fourth-order valence-corrected chi connectivity index (χ4v) is 6.70. The zero-order valence-corrected chi connectivity index (χ0v) is 26.6. The van der Waals surface area contributed by atoms with Gasteiger partial charge in [0.1, 0.15) is 23.9 Å². The lowest BCUT2D eigenvalue weighted by Crippen LogP contribution is -2.59. The lowest BCUT2D eigenvalue weighted by Gasteiger charge is -2.46. The summed E-state index contributed by atoms with van der Waals surface area (Å²) in [6.07, 6.45) is -4.73. The van der Waals surface area contributed by atoms with E-state index in [1.807, 2.05) is 25.9 Å². The molecule has 0 aromatic heterocycles. The number of nitrogens with one attached hydrogen (secondary N) is 1. The molecule has 0 radical (unpaired) electrons. The quantitative estimate of drug-likeness (QED) is 0.354. The first-order valence-corrected chi connectivity index (χ1v) is 15.0. The number of likely N-dealkylation sites (N-methyl/N-ethyl adjacent to an activating group) is 1. The van der Waals surface area contributed by atoms with Gasteiger partial charge < -0.3 is 39.0 Å². The third-order valence-corrected chi connectivity index (χ3v) is 9.41. The van der Waals surface area contributed by atoms with Crippen molar-refractivity contribution in [1.82, 2.24) is 10.2 Å². The van der Waals surface area contributed by atoms with Crippen LogP contribution in [0, 0.1) is 23.7 Å². The number of Topliss-reactive ketones (excluding diaryl/α,β-unsaturated/α-hetero) is 2. The minimum Gasteiger partial charge on any atom is -0.458 e. The number of methoxy groups -OCH3 is 1. The van der Waals surface area contributed by atoms with Crippen molar-refractivity contribution in [3.63, 3.8) is 0 Å². The number of hydrogen-bond donors (Lipinski definition) is 2. The highest BCUT2D eigenvalue weighted by atomic mass is 16.7. The molecule has 0 aromatic carbocycles. The van der Waals surface area contributed by atoms with Gasteiger partial charge in [0, 0.05) is 30.9 Å². The van der Waals surface area contributed by atoms with Gasteiger partial charge in [-0.15, -0.1) is 0 Å². The molecule has 42 heavy (non-hydrogen) atoms. The van der Waals surface area contributed by atoms with E-state index in [0.717, 1.165) is 0 Å². The van der Waals surface area contributed by atoms with Crippen molar-refractivity contribution in [1.29, 1.82) is 0 Å². The molecule has 1 unspecified atom stereocenters. The van der Waals surface area contributed by atoms with Gasteiger partial charge in [0.25, 0.3) is 0 Å². The summed E-state index contributed by atoms with van der Waals surface area (Å²) < 4.78 is 29.8. The number of aliphatic hydroxyl groups excluding tert-OH is 1. The molecule has 13 atom stereocenters. The number of fused-ring (bicyclic) bond motifs is 1. The summed E-state index contributed by atoms with van der Waals surface area (Å²) in [5.74, 6) is -4.70. The molecule has 3 rings (SSSR count). The molecule has 3 heterocycles. The van der Waals surface area contributed by atoms with Crippen LogP contribution < -0.4 is 5.32 Å². The Morgan fingerprint density at radius 3 is 2.24 bits per heavy atom. The average molecular weight is 599 g/mol. The minimum absolute atomic E-state index is 0.154. The van der Waals surface area contributed by atoms with Gasteiger partial charge >= 0.3 is 12.1 Å². The van der Waals surface area contributed by atoms with Gasteiger partial charge in [-0.25, -0.2) is 4.79 Å². The zero-order valence-electron chi connectivity index (χ0n) is 26.6. The Morgan fingerprint density at radius 1 is 1.02 bits per heavy atom. The molecule has 3 saturated heterocycles. The van der Waals surface area contributed by atoms with Crippen LogP contribution >= 0.6 is 0 Å². The van der Waals surface area contributed by atoms with Crippen LogP contribution in [-0.2, 0) is 38.1 Å². The number of aliphatic hydroxyl groups is 1. The predicted molar refractivity (Wildman–Crippen MR) is 151 cm³/mol. The van der Waals surface area contributed by atoms with Gasteiger partial charge in [0.15, 0.2) is 18.2 Å². The largest absolute Gasteiger partial charge is 0.458 e. The van der Waals surface area contributed by atoms with E-state index in [1.165, 1.54) is 14.0 Å². The summed E-state index contributed by atoms with van der Waals surface area (Å²) >= 11 is 0. The van der Waals surface area contributed by atoms with Crippen LogP contribution in [0.2, 0.25) is 0 Å². The van der Waals surface area contributed by atoms with Crippen molar-refractivity contribution in [2.75, 3.05) is 21.2 Å². The maximum absolute atomic E-state index is 13.9. The molecular weight excluding hydrogens is 548 g/mol. The number of ketones is 2. The molecule has 3 fully saturated rings. The highest BCUT2D eigenvalue weighted by Gasteiger charge is 2.52. The van der Waals surface area contributed by atoms with Crippen LogP contribution in [0.5, 0.6) is 0 Å². The molecule has 12 heteroatoms. The molecule has 240 valence electrons. The lowest BCUT2D eigenvalue weighted by molar-refractivity contribution is -0.295. The first kappa shape index (κ1) is 34.4. The Bertz CT molecular complexity index is 1010. The number of rotatable bonds is 5. The summed E-state index contributed by atoms with van der Waals surface area (Å²) in [6.45, 7) is 12.0. The second-order valence-corrected chi connectivity index (χ2v) is 12.8. The molecule has 0 spiro atoms. The fourth-order valence-electron chi connectivity index (χ4n) is 6.70. The van der Waals surface area contributed by atoms with Crippen LogP contribution in [0.1, 0.15) is 67.7 Å². The van der Waals surface area contributed by atoms with Gasteiger partial charge in [-0.05, 0) is 54.1 Å². The van der Waals surface area contributed by atoms with Crippen molar-refractivity contribution in [2.24, 2.45) is 23.7 Å². The number of ether oxygens (including phenoxy) is 5. The van der Waals surface area contributed by atoms with Gasteiger partial charge in [0.05, 0.1) is 23.9 Å². The minimum atomic E-state index is -1.21. The van der Waals surface area contributed by atoms with Crippen LogP contribution in [0.25, 0.3) is 0 Å². The Kier molecular flexibility index (Phi) is 11.2. The van der Waals surface area contributed by atoms with Gasteiger partial charge in [-0.2, -0.15) is 0 Å². The van der Waals surface area contributed by atoms with Gasteiger partial charge in [0.2, 0.25) is 0 Å². The Labute approximate surface area is 249 Å². The maximum Gasteiger partial charge on any atom is 0.407 e. The lowest BCUT2D eigenvalue weighted by atomic mass is 9.75. The summed E-state index contributed by atoms with van der Waals surface area (Å²) in [5, 5.41) is 13.9. The van der Waals surface area contributed by atoms with Crippen molar-refractivity contribution in [3.05, 3.63) is 0 Å². The number of cyclic esters (lactones) is 1. The van der Waals surface area contributed by atoms with E-state index < -0.39 is 83.9 Å². The first-order valence-electron chi connectivity index (χ1n) is 15.0. The van der Waals surface area contributed by atoms with Gasteiger partial charge in [-0.3, -0.25) is 14.4 Å². The van der Waals surface area contributed by atoms with E-state index >= 15 is 0 Å². The van der Waals surface area contributed by atoms with Crippen molar-refractivity contribution < 1.29 is 48.0 Å². The molecule has 3 aliphatic heterocycles. The van der Waals surface area contributed by atoms with Crippen LogP contribution in [-0.4, -0.2) is 109 Å². The third-order valence-electron chi connectivity index (χ3n) is 9.41. The third kappa shape index (κ3) is 6.99. The van der Waals surface area contributed by atoms with E-state index in [4.69, 9.17) is 23.7 Å². The number of hydrogen-bond acceptors (Lipinski definition) is 11. The molecule has 12 nitrogen and oxygen atoms in total. The zero-order chi connectivity index (χ0) is 31.7. The van der Waals surface area contributed by atoms with Crippen molar-refractivity contribution >= 4 is 23.6 Å². The smallest absolute Gasteiger partial charge is 0.407 e. The Balaban J connectivity index is 2.06. The number of carbonyl (C=O) groups excluding carboxylic acids is 4. The summed E-state index contributed by atoms with van der Waals surface area (Å²) in [6, 6.07) is -0.982. The number of nitrogens with zero attached hydrogens (tertiary/aromatic N) is 1. The number of alkyl carbamates (subject to hydrolysis) is 1. The summed E-state index contributed by atoms with van der Waals surface area (Å²) in [7, 11) is 5.21. The average Bonchev–Trinajstić information content (AvgIpc) is 3.34. The normalized spacial score (nSPS) is 44.2. The molecule has 0 aliphatic carbocycles. The van der Waals surface area contributed by atoms with E-state index in [0.29, 0.717) is 12.8 Å². The summed E-state index contributed by atoms with van der Waals surface area (Å²) in [5.41, 5.74) is -1.21. The highest BCUT2D eigenvalue weighted by molar-refractivity contribution is 6.00. The molecule has 0 bridgehead atoms. The number of carbonyl (C=O) groups is 4. The van der Waals surface area contributed by atoms with E-state index in [1.54, 1.807) is 34.6 Å². The summed E-state index contributed by atoms with van der Waals surface area (Å²) in [4.78, 5) is 55.1. The highest BCUT2D eigenvalue weighted by Crippen LogP contribution is 2.38. The standard InChI is InChI=1S/C30H50N2O10/c1-11-20-25-21(31-29(37)41-25)16(4)22(33)14(2)13-30(7,38-10)26(17(5)23(34)18(6)27(36)40-20)42-28-24(35)19(32(8)9)12-15(3)39-28/h14-21,24-26,28,35H,11-13H2,1-10H3,(H,31,37)/t14-,15-,16-,17+,18-,19+,20-,21?,24-,25-,26-,28+,30+/m1/s1. The topological polar surface area (TPSA) is 150 Å². The Morgan fingerprint density at radius 2 is 1.67 bits per heavy atom. The fraction of sp³-hybridized carbons (Fsp3) is 0.867. The SMILES string of the molecule is CC[C@H]1OC(=O)[C@H](C)C(=O)[C@H](C)[C@@H](O[C@@H]2O[C@H](C)C[C@H](N(C)C)[C@H]2O)[C@@](C)(OC)C[C@@H](C)C(=O)[C@H](C)C2NC(=O)O[C@@H]21. The molecular formula is C30H50N2O10. The van der Waals surface area contributed by atoms with Crippen LogP contribution in [0.15, 0.2) is 0 Å². The second kappa shape index (κ2) is 13.7. The van der Waals surface area contributed by atoms with E-state index in [-0.39, 0.29) is 24.3 Å². The molecule has 0 saturated carbocycles. The van der Waals surface area contributed by atoms with Crippen LogP contribution in [0.3, 0.4) is 0 Å². The van der Waals surface area contributed by atoms with E-state index in [9.17, 15) is 24.3 Å². The molecule has 2 N–H and O–H groups in total. The first-order chi connectivity index (χ1) is 19.6. The number of esters is 1. The van der Waals surface area contributed by atoms with Crippen molar-refractivity contribution in [2.45, 2.75) is 122 Å². The second-order valence-electron chi connectivity index (χ2n) is 12.8.